The number of likely N-dealkylation sites (N-methyl/N-ethyl adjacent to an activating group) is 1. The van der Waals surface area contributed by atoms with Crippen LogP contribution in [0.3, 0.4) is 0 Å². The summed E-state index contributed by atoms with van der Waals surface area (Å²) in [6, 6.07) is 13.1. The lowest BCUT2D eigenvalue weighted by atomic mass is 9.95. The second kappa shape index (κ2) is 5.66. The summed E-state index contributed by atoms with van der Waals surface area (Å²) in [6.07, 6.45) is 2.71. The van der Waals surface area contributed by atoms with E-state index in [0.29, 0.717) is 5.39 Å². The number of halogens is 1. The van der Waals surface area contributed by atoms with Gasteiger partial charge in [0.25, 0.3) is 0 Å². The van der Waals surface area contributed by atoms with Crippen LogP contribution in [0, 0.1) is 5.82 Å². The molecule has 3 aromatic rings. The molecule has 21 heavy (non-hydrogen) atoms. The third-order valence-electron chi connectivity index (χ3n) is 3.81. The van der Waals surface area contributed by atoms with Gasteiger partial charge in [0.05, 0.1) is 5.69 Å². The lowest BCUT2D eigenvalue weighted by Gasteiger charge is -2.18. The van der Waals surface area contributed by atoms with Crippen molar-refractivity contribution in [3.8, 4) is 0 Å². The van der Waals surface area contributed by atoms with Crippen molar-refractivity contribution in [1.29, 1.82) is 0 Å². The molecule has 0 radical (unpaired) electrons. The highest BCUT2D eigenvalue weighted by atomic mass is 19.1. The zero-order valence-corrected chi connectivity index (χ0v) is 12.2. The topological polar surface area (TPSA) is 29.9 Å². The predicted octanol–water partition coefficient (Wildman–Crippen LogP) is 3.22. The average Bonchev–Trinajstić information content (AvgIpc) is 2.91. The maximum Gasteiger partial charge on any atom is 0.131 e. The second-order valence-corrected chi connectivity index (χ2v) is 5.21. The average molecular weight is 283 g/mol. The number of hydrogen-bond donors (Lipinski definition) is 1. The van der Waals surface area contributed by atoms with E-state index < -0.39 is 0 Å². The number of benzene rings is 2. The van der Waals surface area contributed by atoms with E-state index in [0.717, 1.165) is 23.1 Å². The zero-order valence-electron chi connectivity index (χ0n) is 12.2. The molecule has 2 aromatic carbocycles. The second-order valence-electron chi connectivity index (χ2n) is 5.21. The van der Waals surface area contributed by atoms with Crippen molar-refractivity contribution in [2.24, 2.45) is 7.05 Å². The molecule has 0 spiro atoms. The third kappa shape index (κ3) is 2.67. The Hall–Kier alpha value is -2.20. The minimum Gasteiger partial charge on any atom is -0.313 e. The molecular weight excluding hydrogens is 265 g/mol. The summed E-state index contributed by atoms with van der Waals surface area (Å²) in [6.45, 7) is 0. The lowest BCUT2D eigenvalue weighted by molar-refractivity contribution is 0.579. The van der Waals surface area contributed by atoms with Gasteiger partial charge in [0.2, 0.25) is 0 Å². The largest absolute Gasteiger partial charge is 0.313 e. The Bertz CT molecular complexity index is 764. The summed E-state index contributed by atoms with van der Waals surface area (Å²) in [5.74, 6) is -0.179. The highest BCUT2D eigenvalue weighted by molar-refractivity contribution is 5.86. The van der Waals surface area contributed by atoms with Crippen molar-refractivity contribution in [3.63, 3.8) is 0 Å². The van der Waals surface area contributed by atoms with E-state index in [9.17, 15) is 4.39 Å². The molecule has 1 atom stereocenters. The highest BCUT2D eigenvalue weighted by Crippen LogP contribution is 2.28. The molecule has 1 heterocycles. The Morgan fingerprint density at radius 1 is 1.14 bits per heavy atom. The maximum atomic E-state index is 13.9. The molecule has 1 aromatic heterocycles. The van der Waals surface area contributed by atoms with Crippen LogP contribution < -0.4 is 5.32 Å². The maximum absolute atomic E-state index is 13.9. The monoisotopic (exact) mass is 283 g/mol. The van der Waals surface area contributed by atoms with Crippen LogP contribution in [0.2, 0.25) is 0 Å². The van der Waals surface area contributed by atoms with Crippen molar-refractivity contribution in [2.45, 2.75) is 12.5 Å². The molecule has 0 saturated carbocycles. The van der Waals surface area contributed by atoms with E-state index in [1.165, 1.54) is 0 Å². The Morgan fingerprint density at radius 3 is 2.57 bits per heavy atom. The van der Waals surface area contributed by atoms with Crippen LogP contribution in [0.1, 0.15) is 17.3 Å². The van der Waals surface area contributed by atoms with Gasteiger partial charge in [-0.2, -0.15) is 5.10 Å². The SMILES string of the molecule is CNC(Cc1ccn(C)n1)c1ccc(F)c2ccccc12. The van der Waals surface area contributed by atoms with E-state index >= 15 is 0 Å². The van der Waals surface area contributed by atoms with Crippen molar-refractivity contribution in [1.82, 2.24) is 15.1 Å². The number of fused-ring (bicyclic) bond motifs is 1. The third-order valence-corrected chi connectivity index (χ3v) is 3.81. The van der Waals surface area contributed by atoms with E-state index in [-0.39, 0.29) is 11.9 Å². The molecule has 1 N–H and O–H groups in total. The van der Waals surface area contributed by atoms with Crippen LogP contribution >= 0.6 is 0 Å². The van der Waals surface area contributed by atoms with Gasteiger partial charge in [-0.15, -0.1) is 0 Å². The minimum absolute atomic E-state index is 0.102. The fourth-order valence-electron chi connectivity index (χ4n) is 2.74. The molecule has 4 heteroatoms. The number of hydrogen-bond acceptors (Lipinski definition) is 2. The fraction of sp³-hybridized carbons (Fsp3) is 0.235. The highest BCUT2D eigenvalue weighted by Gasteiger charge is 2.15. The number of nitrogens with zero attached hydrogens (tertiary/aromatic N) is 2. The van der Waals surface area contributed by atoms with Crippen molar-refractivity contribution < 1.29 is 4.39 Å². The molecule has 0 fully saturated rings. The first-order valence-electron chi connectivity index (χ1n) is 7.02. The van der Waals surface area contributed by atoms with Gasteiger partial charge < -0.3 is 5.32 Å². The molecular formula is C17H18FN3. The summed E-state index contributed by atoms with van der Waals surface area (Å²) in [5, 5.41) is 9.36. The summed E-state index contributed by atoms with van der Waals surface area (Å²) in [7, 11) is 3.83. The Kier molecular flexibility index (Phi) is 3.71. The first kappa shape index (κ1) is 13.8. The van der Waals surface area contributed by atoms with E-state index in [4.69, 9.17) is 0 Å². The van der Waals surface area contributed by atoms with Gasteiger partial charge in [-0.3, -0.25) is 4.68 Å². The Labute approximate surface area is 123 Å². The molecule has 3 nitrogen and oxygen atoms in total. The normalized spacial score (nSPS) is 12.7. The summed E-state index contributed by atoms with van der Waals surface area (Å²) in [4.78, 5) is 0. The van der Waals surface area contributed by atoms with Crippen LogP contribution in [-0.4, -0.2) is 16.8 Å². The predicted molar refractivity (Wildman–Crippen MR) is 82.6 cm³/mol. The van der Waals surface area contributed by atoms with Gasteiger partial charge in [-0.1, -0.05) is 30.3 Å². The number of nitrogens with one attached hydrogen (secondary N) is 1. The van der Waals surface area contributed by atoms with E-state index in [1.807, 2.05) is 56.7 Å². The molecule has 3 rings (SSSR count). The Morgan fingerprint density at radius 2 is 1.90 bits per heavy atom. The fourth-order valence-corrected chi connectivity index (χ4v) is 2.74. The molecule has 1 unspecified atom stereocenters. The standard InChI is InChI=1S/C17H18FN3/c1-19-17(11-12-9-10-21(2)20-12)15-7-8-16(18)14-6-4-3-5-13(14)15/h3-10,17,19H,11H2,1-2H3. The molecule has 0 bridgehead atoms. The van der Waals surface area contributed by atoms with E-state index in [2.05, 4.69) is 10.4 Å². The van der Waals surface area contributed by atoms with Gasteiger partial charge in [-0.05, 0) is 30.1 Å². The zero-order chi connectivity index (χ0) is 14.8. The molecule has 0 aliphatic rings. The molecule has 108 valence electrons. The first-order chi connectivity index (χ1) is 10.2. The smallest absolute Gasteiger partial charge is 0.131 e. The van der Waals surface area contributed by atoms with Crippen LogP contribution in [-0.2, 0) is 13.5 Å². The van der Waals surface area contributed by atoms with E-state index in [1.54, 1.807) is 10.7 Å². The minimum atomic E-state index is -0.179. The molecule has 0 saturated heterocycles. The Balaban J connectivity index is 2.03. The van der Waals surface area contributed by atoms with Crippen LogP contribution in [0.5, 0.6) is 0 Å². The number of aryl methyl sites for hydroxylation is 1. The van der Waals surface area contributed by atoms with Gasteiger partial charge in [0.15, 0.2) is 0 Å². The van der Waals surface area contributed by atoms with Gasteiger partial charge in [-0.25, -0.2) is 4.39 Å². The first-order valence-corrected chi connectivity index (χ1v) is 7.02. The molecule has 0 amide bonds. The van der Waals surface area contributed by atoms with Gasteiger partial charge in [0.1, 0.15) is 5.82 Å². The van der Waals surface area contributed by atoms with Crippen LogP contribution in [0.4, 0.5) is 4.39 Å². The van der Waals surface area contributed by atoms with Gasteiger partial charge >= 0.3 is 0 Å². The van der Waals surface area contributed by atoms with Crippen molar-refractivity contribution in [3.05, 3.63) is 65.7 Å². The van der Waals surface area contributed by atoms with Crippen LogP contribution in [0.25, 0.3) is 10.8 Å². The van der Waals surface area contributed by atoms with Gasteiger partial charge in [0, 0.05) is 31.1 Å². The van der Waals surface area contributed by atoms with Crippen molar-refractivity contribution in [2.75, 3.05) is 7.05 Å². The quantitative estimate of drug-likeness (QED) is 0.797. The summed E-state index contributed by atoms with van der Waals surface area (Å²) in [5.41, 5.74) is 2.12. The van der Waals surface area contributed by atoms with Crippen molar-refractivity contribution >= 4 is 10.8 Å². The molecule has 0 aliphatic heterocycles. The van der Waals surface area contributed by atoms with Crippen LogP contribution in [0.15, 0.2) is 48.7 Å². The molecule has 0 aliphatic carbocycles. The lowest BCUT2D eigenvalue weighted by Crippen LogP contribution is -2.19. The number of aromatic nitrogens is 2. The summed E-state index contributed by atoms with van der Waals surface area (Å²) < 4.78 is 15.7. The number of rotatable bonds is 4. The summed E-state index contributed by atoms with van der Waals surface area (Å²) >= 11 is 0.